The van der Waals surface area contributed by atoms with Crippen LogP contribution in [0.1, 0.15) is 81.2 Å². The van der Waals surface area contributed by atoms with Gasteiger partial charge in [-0.15, -0.1) is 5.10 Å². The number of H-pyrrole nitrogens is 1. The summed E-state index contributed by atoms with van der Waals surface area (Å²) in [4.78, 5) is 0. The number of hydrogen-bond donors (Lipinski definition) is 5. The average Bonchev–Trinajstić information content (AvgIpc) is 3.25. The molecule has 0 spiro atoms. The first-order valence-corrected chi connectivity index (χ1v) is 13.0. The third kappa shape index (κ3) is 6.98. The number of nitrogens with one attached hydrogen (secondary N) is 1. The van der Waals surface area contributed by atoms with Crippen molar-refractivity contribution in [3.05, 3.63) is 40.6 Å². The van der Waals surface area contributed by atoms with Crippen molar-refractivity contribution in [3.8, 4) is 11.6 Å². The van der Waals surface area contributed by atoms with Gasteiger partial charge in [-0.2, -0.15) is 0 Å². The minimum atomic E-state index is -1.52. The number of aromatic amines is 1. The maximum absolute atomic E-state index is 10.4. The van der Waals surface area contributed by atoms with E-state index in [1.165, 1.54) is 25.7 Å². The molecule has 2 aromatic rings. The fraction of sp³-hybridized carbons (Fsp3) is 0.667. The van der Waals surface area contributed by atoms with Crippen molar-refractivity contribution in [3.63, 3.8) is 0 Å². The van der Waals surface area contributed by atoms with Gasteiger partial charge in [-0.25, -0.2) is 0 Å². The second-order valence-corrected chi connectivity index (χ2v) is 9.92. The van der Waals surface area contributed by atoms with Gasteiger partial charge in [-0.3, -0.25) is 5.10 Å². The van der Waals surface area contributed by atoms with Gasteiger partial charge in [0.05, 0.1) is 13.2 Å². The zero-order valence-electron chi connectivity index (χ0n) is 21.8. The van der Waals surface area contributed by atoms with Crippen molar-refractivity contribution in [2.75, 3.05) is 13.2 Å². The summed E-state index contributed by atoms with van der Waals surface area (Å²) in [5.41, 5.74) is 3.86. The molecule has 0 radical (unpaired) electrons. The van der Waals surface area contributed by atoms with Crippen molar-refractivity contribution >= 4 is 0 Å². The number of aliphatic hydroxyl groups is 4. The first kappa shape index (κ1) is 28.4. The van der Waals surface area contributed by atoms with Crippen LogP contribution in [0.15, 0.2) is 18.2 Å². The number of aryl methyl sites for hydroxylation is 1. The number of aliphatic hydroxyl groups excluding tert-OH is 4. The summed E-state index contributed by atoms with van der Waals surface area (Å²) in [5, 5.41) is 47.3. The standard InChI is InChI=1S/C27H42N2O7/c1-5-6-7-8-9-12-34-19-11-10-18(17(4)13-19)14-20-22(16(2)3)28-29-26(20)36-27-25(33)24(32)23(31)21(15-30)35-27/h10-11,13,16,21,23-25,27,30-33H,5-9,12,14-15H2,1-4H3,(H,28,29)/t21-,23-,24+,25-,27+/m1/s1. The molecule has 0 aliphatic carbocycles. The van der Waals surface area contributed by atoms with Crippen LogP contribution in [-0.4, -0.2) is 74.5 Å². The number of benzene rings is 1. The molecule has 9 nitrogen and oxygen atoms in total. The van der Waals surface area contributed by atoms with Gasteiger partial charge in [0.1, 0.15) is 30.2 Å². The van der Waals surface area contributed by atoms with E-state index in [-0.39, 0.29) is 11.8 Å². The van der Waals surface area contributed by atoms with Crippen LogP contribution in [0.3, 0.4) is 0 Å². The van der Waals surface area contributed by atoms with Gasteiger partial charge >= 0.3 is 0 Å². The van der Waals surface area contributed by atoms with Gasteiger partial charge in [0.2, 0.25) is 12.2 Å². The van der Waals surface area contributed by atoms with E-state index in [1.54, 1.807) is 0 Å². The van der Waals surface area contributed by atoms with Crippen molar-refractivity contribution < 1.29 is 34.6 Å². The highest BCUT2D eigenvalue weighted by molar-refractivity contribution is 5.42. The zero-order chi connectivity index (χ0) is 26.2. The molecule has 0 unspecified atom stereocenters. The molecular weight excluding hydrogens is 464 g/mol. The van der Waals surface area contributed by atoms with Gasteiger partial charge < -0.3 is 34.6 Å². The smallest absolute Gasteiger partial charge is 0.238 e. The molecule has 1 aromatic carbocycles. The normalized spacial score (nSPS) is 24.3. The molecule has 1 saturated heterocycles. The first-order valence-electron chi connectivity index (χ1n) is 13.0. The Morgan fingerprint density at radius 2 is 1.81 bits per heavy atom. The molecule has 1 fully saturated rings. The summed E-state index contributed by atoms with van der Waals surface area (Å²) in [6.07, 6.45) is -0.327. The lowest BCUT2D eigenvalue weighted by molar-refractivity contribution is -0.278. The fourth-order valence-electron chi connectivity index (χ4n) is 4.42. The number of ether oxygens (including phenoxy) is 3. The monoisotopic (exact) mass is 506 g/mol. The molecule has 5 atom stereocenters. The van der Waals surface area contributed by atoms with Gasteiger partial charge in [-0.05, 0) is 42.5 Å². The first-order chi connectivity index (χ1) is 17.3. The topological polar surface area (TPSA) is 137 Å². The molecule has 0 amide bonds. The maximum Gasteiger partial charge on any atom is 0.238 e. The van der Waals surface area contributed by atoms with E-state index in [9.17, 15) is 20.4 Å². The number of aromatic nitrogens is 2. The maximum atomic E-state index is 10.4. The molecule has 0 saturated carbocycles. The fourth-order valence-corrected chi connectivity index (χ4v) is 4.42. The molecular formula is C27H42N2O7. The molecule has 9 heteroatoms. The number of nitrogens with zero attached hydrogens (tertiary/aromatic N) is 1. The van der Waals surface area contributed by atoms with E-state index >= 15 is 0 Å². The summed E-state index contributed by atoms with van der Waals surface area (Å²) in [7, 11) is 0. The van der Waals surface area contributed by atoms with Gasteiger partial charge in [0.25, 0.3) is 0 Å². The summed E-state index contributed by atoms with van der Waals surface area (Å²) in [5.74, 6) is 1.23. The van der Waals surface area contributed by atoms with Crippen molar-refractivity contribution in [2.24, 2.45) is 0 Å². The molecule has 0 bridgehead atoms. The van der Waals surface area contributed by atoms with Crippen LogP contribution in [0.25, 0.3) is 0 Å². The Labute approximate surface area is 213 Å². The third-order valence-electron chi connectivity index (χ3n) is 6.71. The van der Waals surface area contributed by atoms with Crippen LogP contribution in [0.5, 0.6) is 11.6 Å². The summed E-state index contributed by atoms with van der Waals surface area (Å²) in [6, 6.07) is 6.05. The Hall–Kier alpha value is -2.17. The molecule has 5 N–H and O–H groups in total. The molecule has 2 heterocycles. The molecule has 1 aliphatic rings. The SMILES string of the molecule is CCCCCCCOc1ccc(Cc2c(O[C@@H]3O[C@H](CO)[C@@H](O)[C@H](O)[C@H]3O)n[nH]c2C(C)C)c(C)c1. The molecule has 202 valence electrons. The third-order valence-corrected chi connectivity index (χ3v) is 6.71. The Morgan fingerprint density at radius 3 is 2.47 bits per heavy atom. The molecule has 1 aliphatic heterocycles. The van der Waals surface area contributed by atoms with Crippen LogP contribution in [0.4, 0.5) is 0 Å². The predicted molar refractivity (Wildman–Crippen MR) is 135 cm³/mol. The number of unbranched alkanes of at least 4 members (excludes halogenated alkanes) is 4. The van der Waals surface area contributed by atoms with Crippen LogP contribution in [0, 0.1) is 6.92 Å². The number of hydrogen-bond acceptors (Lipinski definition) is 8. The van der Waals surface area contributed by atoms with Gasteiger partial charge in [-0.1, -0.05) is 52.5 Å². The van der Waals surface area contributed by atoms with E-state index in [1.807, 2.05) is 39.0 Å². The zero-order valence-corrected chi connectivity index (χ0v) is 21.8. The van der Waals surface area contributed by atoms with E-state index in [0.29, 0.717) is 13.0 Å². The van der Waals surface area contributed by atoms with E-state index in [0.717, 1.165) is 34.6 Å². The van der Waals surface area contributed by atoms with Crippen molar-refractivity contribution in [2.45, 2.75) is 103 Å². The van der Waals surface area contributed by atoms with E-state index < -0.39 is 37.3 Å². The van der Waals surface area contributed by atoms with Crippen LogP contribution < -0.4 is 9.47 Å². The van der Waals surface area contributed by atoms with Crippen LogP contribution in [-0.2, 0) is 11.2 Å². The minimum Gasteiger partial charge on any atom is -0.494 e. The lowest BCUT2D eigenvalue weighted by Gasteiger charge is -2.39. The van der Waals surface area contributed by atoms with Gasteiger partial charge in [0.15, 0.2) is 0 Å². The van der Waals surface area contributed by atoms with E-state index in [4.69, 9.17) is 14.2 Å². The highest BCUT2D eigenvalue weighted by Crippen LogP contribution is 2.32. The van der Waals surface area contributed by atoms with E-state index in [2.05, 4.69) is 17.1 Å². The second-order valence-electron chi connectivity index (χ2n) is 9.92. The number of rotatable bonds is 13. The lowest BCUT2D eigenvalue weighted by Crippen LogP contribution is -2.60. The highest BCUT2D eigenvalue weighted by atomic mass is 16.7. The Bertz CT molecular complexity index is 946. The van der Waals surface area contributed by atoms with Gasteiger partial charge in [0, 0.05) is 17.7 Å². The summed E-state index contributed by atoms with van der Waals surface area (Å²) < 4.78 is 17.3. The predicted octanol–water partition coefficient (Wildman–Crippen LogP) is 2.96. The second kappa shape index (κ2) is 13.4. The summed E-state index contributed by atoms with van der Waals surface area (Å²) in [6.45, 7) is 8.51. The van der Waals surface area contributed by atoms with Crippen molar-refractivity contribution in [1.82, 2.24) is 10.2 Å². The quantitative estimate of drug-likeness (QED) is 0.262. The highest BCUT2D eigenvalue weighted by Gasteiger charge is 2.45. The van der Waals surface area contributed by atoms with Crippen molar-refractivity contribution in [1.29, 1.82) is 0 Å². The molecule has 1 aromatic heterocycles. The Morgan fingerprint density at radius 1 is 1.06 bits per heavy atom. The van der Waals surface area contributed by atoms with Crippen LogP contribution in [0.2, 0.25) is 0 Å². The molecule has 36 heavy (non-hydrogen) atoms. The lowest BCUT2D eigenvalue weighted by atomic mass is 9.96. The van der Waals surface area contributed by atoms with Crippen LogP contribution >= 0.6 is 0 Å². The minimum absolute atomic E-state index is 0.135. The largest absolute Gasteiger partial charge is 0.494 e. The Kier molecular flexibility index (Phi) is 10.6. The average molecular weight is 507 g/mol. The summed E-state index contributed by atoms with van der Waals surface area (Å²) >= 11 is 0. The Balaban J connectivity index is 1.72. The molecule has 3 rings (SSSR count).